The minimum Gasteiger partial charge on any atom is -0.495 e. The van der Waals surface area contributed by atoms with E-state index >= 15 is 0 Å². The highest BCUT2D eigenvalue weighted by Crippen LogP contribution is 2.30. The third kappa shape index (κ3) is 3.51. The summed E-state index contributed by atoms with van der Waals surface area (Å²) in [4.78, 5) is 17.5. The smallest absolute Gasteiger partial charge is 0.265 e. The molecule has 1 aromatic heterocycles. The highest BCUT2D eigenvalue weighted by atomic mass is 32.2. The number of para-hydroxylation sites is 2. The predicted molar refractivity (Wildman–Crippen MR) is 112 cm³/mol. The molecule has 0 spiro atoms. The third-order valence-electron chi connectivity index (χ3n) is 5.05. The van der Waals surface area contributed by atoms with Gasteiger partial charge in [0, 0.05) is 17.0 Å². The lowest BCUT2D eigenvalue weighted by atomic mass is 10.1. The van der Waals surface area contributed by atoms with Crippen molar-refractivity contribution >= 4 is 26.8 Å². The quantitative estimate of drug-likeness (QED) is 0.663. The number of rotatable bonds is 4. The minimum atomic E-state index is -3.07. The molecular weight excluding hydrogens is 392 g/mol. The topological polar surface area (TPSA) is 98.0 Å². The molecule has 0 saturated carbocycles. The molecule has 2 heterocycles. The van der Waals surface area contributed by atoms with Crippen molar-refractivity contribution in [2.24, 2.45) is 4.99 Å². The highest BCUT2D eigenvalue weighted by molar-refractivity contribution is 7.91. The monoisotopic (exact) mass is 412 g/mol. The van der Waals surface area contributed by atoms with E-state index in [2.05, 4.69) is 4.99 Å². The Hall–Kier alpha value is -3.13. The molecule has 150 valence electrons. The number of pyridine rings is 1. The first-order valence-corrected chi connectivity index (χ1v) is 11.0. The molecule has 2 aromatic carbocycles. The lowest BCUT2D eigenvalue weighted by Gasteiger charge is -2.16. The summed E-state index contributed by atoms with van der Waals surface area (Å²) in [6.07, 6.45) is 1.91. The van der Waals surface area contributed by atoms with Crippen molar-refractivity contribution < 1.29 is 18.3 Å². The van der Waals surface area contributed by atoms with Crippen LogP contribution in [-0.2, 0) is 9.84 Å². The first-order valence-electron chi connectivity index (χ1n) is 9.15. The maximum atomic E-state index is 13.1. The van der Waals surface area contributed by atoms with Crippen LogP contribution in [0.5, 0.6) is 11.6 Å². The fraction of sp³-hybridized carbons (Fsp3) is 0.238. The Bertz CT molecular complexity index is 1280. The number of aromatic nitrogens is 1. The van der Waals surface area contributed by atoms with Crippen LogP contribution in [0.15, 0.2) is 58.3 Å². The second kappa shape index (κ2) is 7.36. The second-order valence-electron chi connectivity index (χ2n) is 6.93. The maximum Gasteiger partial charge on any atom is 0.265 e. The summed E-state index contributed by atoms with van der Waals surface area (Å²) in [5.74, 6) is 0.268. The lowest BCUT2D eigenvalue weighted by Crippen LogP contribution is -2.20. The summed E-state index contributed by atoms with van der Waals surface area (Å²) in [5.41, 5.74) is 0.375. The minimum absolute atomic E-state index is 0.00561. The molecule has 1 atom stereocenters. The van der Waals surface area contributed by atoms with Gasteiger partial charge < -0.3 is 9.84 Å². The van der Waals surface area contributed by atoms with Gasteiger partial charge in [-0.1, -0.05) is 30.3 Å². The molecule has 0 aliphatic carbocycles. The summed E-state index contributed by atoms with van der Waals surface area (Å²) >= 11 is 0. The van der Waals surface area contributed by atoms with Crippen LogP contribution in [0.3, 0.4) is 0 Å². The summed E-state index contributed by atoms with van der Waals surface area (Å²) < 4.78 is 29.9. The molecule has 1 unspecified atom stereocenters. The second-order valence-corrected chi connectivity index (χ2v) is 9.16. The zero-order chi connectivity index (χ0) is 20.6. The van der Waals surface area contributed by atoms with Gasteiger partial charge in [-0.05, 0) is 24.6 Å². The number of aliphatic imine (C=N–C) groups is 1. The molecule has 1 aliphatic rings. The van der Waals surface area contributed by atoms with Gasteiger partial charge >= 0.3 is 0 Å². The van der Waals surface area contributed by atoms with Gasteiger partial charge in [0.1, 0.15) is 5.75 Å². The molecule has 29 heavy (non-hydrogen) atoms. The van der Waals surface area contributed by atoms with Gasteiger partial charge in [0.2, 0.25) is 5.88 Å². The van der Waals surface area contributed by atoms with Crippen LogP contribution in [-0.4, -0.2) is 49.0 Å². The average Bonchev–Trinajstić information content (AvgIpc) is 3.07. The van der Waals surface area contributed by atoms with Crippen molar-refractivity contribution in [2.45, 2.75) is 12.5 Å². The predicted octanol–water partition coefficient (Wildman–Crippen LogP) is 2.31. The lowest BCUT2D eigenvalue weighted by molar-refractivity contribution is 0.404. The molecule has 3 aromatic rings. The van der Waals surface area contributed by atoms with Gasteiger partial charge in [-0.2, -0.15) is 0 Å². The number of methoxy groups -OCH3 is 1. The van der Waals surface area contributed by atoms with Gasteiger partial charge in [-0.3, -0.25) is 9.79 Å². The molecule has 0 bridgehead atoms. The van der Waals surface area contributed by atoms with E-state index in [-0.39, 0.29) is 29.0 Å². The van der Waals surface area contributed by atoms with E-state index in [0.717, 1.165) is 0 Å². The van der Waals surface area contributed by atoms with Gasteiger partial charge in [-0.25, -0.2) is 13.0 Å². The van der Waals surface area contributed by atoms with E-state index in [9.17, 15) is 18.3 Å². The number of nitrogens with zero attached hydrogens (tertiary/aromatic N) is 2. The molecule has 1 aliphatic heterocycles. The molecule has 1 N–H and O–H groups in total. The SMILES string of the molecule is COc1ccccc1-n1c(O)c(C=NC2CCS(=O)(=O)C2)c2ccccc2c1=O. The molecule has 4 rings (SSSR count). The zero-order valence-electron chi connectivity index (χ0n) is 15.8. The maximum absolute atomic E-state index is 13.1. The van der Waals surface area contributed by atoms with Crippen LogP contribution < -0.4 is 10.3 Å². The van der Waals surface area contributed by atoms with Gasteiger partial charge in [0.15, 0.2) is 9.84 Å². The van der Waals surface area contributed by atoms with Crippen molar-refractivity contribution in [3.8, 4) is 17.3 Å². The van der Waals surface area contributed by atoms with E-state index in [4.69, 9.17) is 4.74 Å². The van der Waals surface area contributed by atoms with Crippen LogP contribution in [0.2, 0.25) is 0 Å². The largest absolute Gasteiger partial charge is 0.495 e. The van der Waals surface area contributed by atoms with E-state index in [0.29, 0.717) is 34.2 Å². The molecular formula is C21H20N2O5S. The van der Waals surface area contributed by atoms with Crippen molar-refractivity contribution in [1.82, 2.24) is 4.57 Å². The fourth-order valence-electron chi connectivity index (χ4n) is 3.60. The van der Waals surface area contributed by atoms with Gasteiger partial charge in [0.25, 0.3) is 5.56 Å². The number of sulfone groups is 1. The number of benzene rings is 2. The van der Waals surface area contributed by atoms with E-state index < -0.39 is 9.84 Å². The summed E-state index contributed by atoms with van der Waals surface area (Å²) in [5, 5.41) is 12.0. The van der Waals surface area contributed by atoms with Crippen LogP contribution >= 0.6 is 0 Å². The van der Waals surface area contributed by atoms with E-state index in [1.165, 1.54) is 17.9 Å². The third-order valence-corrected chi connectivity index (χ3v) is 6.80. The Balaban J connectivity index is 1.94. The van der Waals surface area contributed by atoms with Crippen molar-refractivity contribution in [3.63, 3.8) is 0 Å². The first-order chi connectivity index (χ1) is 13.9. The molecule has 7 nitrogen and oxygen atoms in total. The van der Waals surface area contributed by atoms with Crippen LogP contribution in [0.4, 0.5) is 0 Å². The van der Waals surface area contributed by atoms with E-state index in [1.807, 2.05) is 0 Å². The van der Waals surface area contributed by atoms with E-state index in [1.54, 1.807) is 48.5 Å². The zero-order valence-corrected chi connectivity index (χ0v) is 16.6. The average molecular weight is 412 g/mol. The van der Waals surface area contributed by atoms with Crippen molar-refractivity contribution in [1.29, 1.82) is 0 Å². The fourth-order valence-corrected chi connectivity index (χ4v) is 5.24. The molecule has 1 saturated heterocycles. The van der Waals surface area contributed by atoms with Crippen molar-refractivity contribution in [3.05, 3.63) is 64.4 Å². The number of hydrogen-bond donors (Lipinski definition) is 1. The number of fused-ring (bicyclic) bond motifs is 1. The Labute approximate surface area is 167 Å². The molecule has 1 fully saturated rings. The Morgan fingerprint density at radius 2 is 1.83 bits per heavy atom. The molecule has 8 heteroatoms. The van der Waals surface area contributed by atoms with Gasteiger partial charge in [-0.15, -0.1) is 0 Å². The Morgan fingerprint density at radius 1 is 1.14 bits per heavy atom. The van der Waals surface area contributed by atoms with Gasteiger partial charge in [0.05, 0.1) is 35.9 Å². The van der Waals surface area contributed by atoms with Crippen LogP contribution in [0.25, 0.3) is 16.5 Å². The Morgan fingerprint density at radius 3 is 2.52 bits per heavy atom. The Kier molecular flexibility index (Phi) is 4.87. The number of hydrogen-bond acceptors (Lipinski definition) is 6. The number of ether oxygens (including phenoxy) is 1. The normalized spacial score (nSPS) is 18.4. The van der Waals surface area contributed by atoms with Crippen LogP contribution in [0, 0.1) is 0 Å². The van der Waals surface area contributed by atoms with Crippen molar-refractivity contribution in [2.75, 3.05) is 18.6 Å². The van der Waals surface area contributed by atoms with Crippen LogP contribution in [0.1, 0.15) is 12.0 Å². The number of aromatic hydroxyl groups is 1. The highest BCUT2D eigenvalue weighted by Gasteiger charge is 2.27. The summed E-state index contributed by atoms with van der Waals surface area (Å²) in [6, 6.07) is 13.5. The molecule has 0 amide bonds. The first kappa shape index (κ1) is 19.2. The summed E-state index contributed by atoms with van der Waals surface area (Å²) in [7, 11) is -1.58. The summed E-state index contributed by atoms with van der Waals surface area (Å²) in [6.45, 7) is 0. The standard InChI is InChI=1S/C21H20N2O5S/c1-28-19-9-5-4-8-18(19)23-20(24)16-7-3-2-6-15(16)17(21(23)25)12-22-14-10-11-29(26,27)13-14/h2-9,12,14,25H,10-11,13H2,1H3. The molecule has 0 radical (unpaired) electrons.